The van der Waals surface area contributed by atoms with Crippen molar-refractivity contribution in [3.8, 4) is 17.3 Å². The molecule has 1 unspecified atom stereocenters. The first kappa shape index (κ1) is 34.4. The summed E-state index contributed by atoms with van der Waals surface area (Å²) in [5.41, 5.74) is 7.50. The molecule has 47 heavy (non-hydrogen) atoms. The molecular formula is C33H32Cl3F2N7O2. The number of nitrogens with zero attached hydrogens (tertiary/aromatic N) is 6. The lowest BCUT2D eigenvalue weighted by molar-refractivity contribution is -0.132. The second kappa shape index (κ2) is 12.9. The second-order valence-corrected chi connectivity index (χ2v) is 13.1. The zero-order valence-electron chi connectivity index (χ0n) is 26.2. The Morgan fingerprint density at radius 3 is 2.40 bits per heavy atom. The van der Waals surface area contributed by atoms with E-state index in [2.05, 4.69) is 17.6 Å². The summed E-state index contributed by atoms with van der Waals surface area (Å²) in [5.74, 6) is -2.70. The average Bonchev–Trinajstić information content (AvgIpc) is 3.02. The van der Waals surface area contributed by atoms with Crippen LogP contribution in [0.15, 0.2) is 36.6 Å². The molecule has 1 fully saturated rings. The van der Waals surface area contributed by atoms with Gasteiger partial charge >= 0.3 is 0 Å². The Hall–Kier alpha value is -3.95. The molecule has 14 heteroatoms. The molecule has 0 bridgehead atoms. The van der Waals surface area contributed by atoms with E-state index in [4.69, 9.17) is 45.5 Å². The van der Waals surface area contributed by atoms with Gasteiger partial charge < -0.3 is 20.6 Å². The molecule has 1 saturated heterocycles. The number of benzene rings is 1. The number of aliphatic hydroxyl groups excluding tert-OH is 1. The summed E-state index contributed by atoms with van der Waals surface area (Å²) >= 11 is 18.9. The predicted octanol–water partition coefficient (Wildman–Crippen LogP) is 7.21. The Bertz CT molecular complexity index is 1850. The number of carbonyl (C=O) groups is 1. The first-order valence-corrected chi connectivity index (χ1v) is 15.9. The van der Waals surface area contributed by atoms with Crippen LogP contribution < -0.4 is 10.6 Å². The molecule has 3 atom stereocenters. The number of nitrogen functional groups attached to an aromatic ring is 1. The number of amides is 1. The van der Waals surface area contributed by atoms with Crippen LogP contribution in [0.25, 0.3) is 17.0 Å². The van der Waals surface area contributed by atoms with Crippen LogP contribution in [0.3, 0.4) is 0 Å². The monoisotopic (exact) mass is 701 g/mol. The molecule has 2 aromatic heterocycles. The number of pyridine rings is 2. The van der Waals surface area contributed by atoms with E-state index >= 15 is 4.39 Å². The van der Waals surface area contributed by atoms with Gasteiger partial charge in [0.1, 0.15) is 27.5 Å². The molecule has 0 aliphatic carbocycles. The van der Waals surface area contributed by atoms with E-state index in [0.29, 0.717) is 41.3 Å². The average molecular weight is 703 g/mol. The van der Waals surface area contributed by atoms with E-state index in [0.717, 1.165) is 0 Å². The number of aryl methyl sites for hydroxylation is 1. The third-order valence-electron chi connectivity index (χ3n) is 8.46. The number of hydrogen-bond donors (Lipinski definition) is 2. The minimum atomic E-state index is -1.58. The lowest BCUT2D eigenvalue weighted by atomic mass is 9.93. The first-order valence-electron chi connectivity index (χ1n) is 14.7. The van der Waals surface area contributed by atoms with Crippen molar-refractivity contribution in [2.75, 3.05) is 23.7 Å². The SMILES string of the molecule is C=CC(=O)N1[C@H](C)CN(C2=C(C#N)C(O)N(c3c(C)ccnc3C(C)C)c3nc(-c4c(N)c(Cl)c(F)c(Cl)c4F)c(Cl)cc32)C[C@@H]1C. The molecular weight excluding hydrogens is 671 g/mol. The van der Waals surface area contributed by atoms with E-state index in [1.54, 1.807) is 17.2 Å². The molecule has 0 saturated carbocycles. The van der Waals surface area contributed by atoms with Crippen LogP contribution in [0, 0.1) is 29.9 Å². The third-order valence-corrected chi connectivity index (χ3v) is 9.45. The van der Waals surface area contributed by atoms with Gasteiger partial charge in [0.2, 0.25) is 5.91 Å². The standard InChI is InChI=1S/C33H32Cl3F2N7O2/c1-7-21(46)44-16(5)12-43(13-17(44)6)31-18-10-20(34)29(22-25(37)23(35)26(38)24(36)27(22)40)42-32(18)45(33(47)19(31)11-39)30-15(4)8-9-41-28(30)14(2)3/h7-10,14,16-17,33,47H,1,12-13,40H2,2-6H3/t16-,17+,33?. The molecule has 3 aromatic rings. The van der Waals surface area contributed by atoms with Crippen molar-refractivity contribution in [1.29, 1.82) is 5.26 Å². The molecule has 9 nitrogen and oxygen atoms in total. The summed E-state index contributed by atoms with van der Waals surface area (Å²) in [7, 11) is 0. The summed E-state index contributed by atoms with van der Waals surface area (Å²) in [5, 5.41) is 21.1. The van der Waals surface area contributed by atoms with Crippen LogP contribution >= 0.6 is 34.8 Å². The highest BCUT2D eigenvalue weighted by Crippen LogP contribution is 2.49. The van der Waals surface area contributed by atoms with Crippen LogP contribution in [0.5, 0.6) is 0 Å². The molecule has 246 valence electrons. The number of carbonyl (C=O) groups excluding carboxylic acids is 1. The number of hydrogen-bond acceptors (Lipinski definition) is 8. The minimum absolute atomic E-state index is 0.00235. The Morgan fingerprint density at radius 1 is 1.19 bits per heavy atom. The maximum absolute atomic E-state index is 15.7. The Kier molecular flexibility index (Phi) is 9.45. The molecule has 0 radical (unpaired) electrons. The van der Waals surface area contributed by atoms with Crippen molar-refractivity contribution in [2.45, 2.75) is 58.8 Å². The van der Waals surface area contributed by atoms with Gasteiger partial charge in [0.25, 0.3) is 0 Å². The van der Waals surface area contributed by atoms with E-state index in [-0.39, 0.29) is 46.0 Å². The highest BCUT2D eigenvalue weighted by atomic mass is 35.5. The number of aromatic nitrogens is 2. The first-order chi connectivity index (χ1) is 22.2. The summed E-state index contributed by atoms with van der Waals surface area (Å²) in [6, 6.07) is 4.84. The number of fused-ring (bicyclic) bond motifs is 1. The number of nitrogens with two attached hydrogens (primary N) is 1. The Balaban J connectivity index is 1.84. The minimum Gasteiger partial charge on any atom is -0.397 e. The van der Waals surface area contributed by atoms with Gasteiger partial charge in [-0.15, -0.1) is 0 Å². The normalized spacial score (nSPS) is 19.6. The van der Waals surface area contributed by atoms with Gasteiger partial charge in [-0.1, -0.05) is 55.2 Å². The van der Waals surface area contributed by atoms with Crippen molar-refractivity contribution in [2.24, 2.45) is 0 Å². The van der Waals surface area contributed by atoms with Gasteiger partial charge in [0, 0.05) is 36.9 Å². The predicted molar refractivity (Wildman–Crippen MR) is 180 cm³/mol. The Morgan fingerprint density at radius 2 is 1.83 bits per heavy atom. The van der Waals surface area contributed by atoms with E-state index in [1.807, 2.05) is 39.5 Å². The summed E-state index contributed by atoms with van der Waals surface area (Å²) in [6.07, 6.45) is 1.32. The summed E-state index contributed by atoms with van der Waals surface area (Å²) in [6.45, 7) is 13.6. The number of aliphatic hydroxyl groups is 1. The zero-order valence-corrected chi connectivity index (χ0v) is 28.5. The van der Waals surface area contributed by atoms with Gasteiger partial charge in [-0.05, 0) is 50.5 Å². The second-order valence-electron chi connectivity index (χ2n) is 11.9. The summed E-state index contributed by atoms with van der Waals surface area (Å²) in [4.78, 5) is 27.1. The molecule has 0 spiro atoms. The van der Waals surface area contributed by atoms with E-state index in [1.165, 1.54) is 17.0 Å². The number of piperazine rings is 1. The quantitative estimate of drug-likeness (QED) is 0.124. The van der Waals surface area contributed by atoms with Crippen LogP contribution in [-0.4, -0.2) is 62.2 Å². The molecule has 3 N–H and O–H groups in total. The van der Waals surface area contributed by atoms with Gasteiger partial charge in [-0.3, -0.25) is 14.7 Å². The van der Waals surface area contributed by atoms with Gasteiger partial charge in [-0.2, -0.15) is 5.26 Å². The number of nitriles is 1. The van der Waals surface area contributed by atoms with Crippen molar-refractivity contribution in [3.63, 3.8) is 0 Å². The number of halogens is 5. The highest BCUT2D eigenvalue weighted by molar-refractivity contribution is 6.38. The zero-order chi connectivity index (χ0) is 34.6. The smallest absolute Gasteiger partial charge is 0.246 e. The highest BCUT2D eigenvalue weighted by Gasteiger charge is 2.42. The van der Waals surface area contributed by atoms with Crippen molar-refractivity contribution in [3.05, 3.63) is 80.1 Å². The summed E-state index contributed by atoms with van der Waals surface area (Å²) < 4.78 is 30.2. The number of anilines is 3. The van der Waals surface area contributed by atoms with Crippen molar-refractivity contribution in [1.82, 2.24) is 19.8 Å². The van der Waals surface area contributed by atoms with Gasteiger partial charge in [0.15, 0.2) is 17.9 Å². The molecule has 1 aromatic carbocycles. The van der Waals surface area contributed by atoms with Crippen LogP contribution in [0.1, 0.15) is 50.4 Å². The molecule has 1 amide bonds. The van der Waals surface area contributed by atoms with E-state index < -0.39 is 39.2 Å². The number of rotatable bonds is 5. The molecule has 2 aliphatic rings. The fraction of sp³-hybridized carbons (Fsp3) is 0.333. The maximum atomic E-state index is 15.7. The van der Waals surface area contributed by atoms with Crippen LogP contribution in [0.4, 0.5) is 26.0 Å². The maximum Gasteiger partial charge on any atom is 0.246 e. The van der Waals surface area contributed by atoms with E-state index in [9.17, 15) is 19.6 Å². The molecule has 5 rings (SSSR count). The van der Waals surface area contributed by atoms with Gasteiger partial charge in [0.05, 0.1) is 39.0 Å². The van der Waals surface area contributed by atoms with Crippen molar-refractivity contribution < 1.29 is 18.7 Å². The Labute approximate surface area is 286 Å². The van der Waals surface area contributed by atoms with Crippen LogP contribution in [-0.2, 0) is 4.79 Å². The van der Waals surface area contributed by atoms with Gasteiger partial charge in [-0.25, -0.2) is 13.8 Å². The van der Waals surface area contributed by atoms with Crippen molar-refractivity contribution >= 4 is 63.6 Å². The third kappa shape index (κ3) is 5.57. The molecule has 2 aliphatic heterocycles. The topological polar surface area (TPSA) is 123 Å². The van der Waals surface area contributed by atoms with Crippen LogP contribution in [0.2, 0.25) is 15.1 Å². The largest absolute Gasteiger partial charge is 0.397 e. The lowest BCUT2D eigenvalue weighted by Gasteiger charge is -2.48. The fourth-order valence-corrected chi connectivity index (χ4v) is 7.11. The molecule has 4 heterocycles. The lowest BCUT2D eigenvalue weighted by Crippen LogP contribution is -2.58. The fourth-order valence-electron chi connectivity index (χ4n) is 6.44.